The van der Waals surface area contributed by atoms with E-state index in [4.69, 9.17) is 0 Å². The Labute approximate surface area is 125 Å². The van der Waals surface area contributed by atoms with Crippen LogP contribution in [0.5, 0.6) is 0 Å². The predicted molar refractivity (Wildman–Crippen MR) is 79.1 cm³/mol. The van der Waals surface area contributed by atoms with Gasteiger partial charge in [-0.2, -0.15) is 0 Å². The van der Waals surface area contributed by atoms with Crippen molar-refractivity contribution in [1.82, 2.24) is 9.55 Å². The van der Waals surface area contributed by atoms with E-state index in [-0.39, 0.29) is 10.2 Å². The van der Waals surface area contributed by atoms with Crippen LogP contribution in [0.15, 0.2) is 22.8 Å². The Hall–Kier alpha value is -1.43. The highest BCUT2D eigenvalue weighted by Crippen LogP contribution is 2.26. The van der Waals surface area contributed by atoms with E-state index in [9.17, 15) is 8.78 Å². The quantitative estimate of drug-likeness (QED) is 0.820. The summed E-state index contributed by atoms with van der Waals surface area (Å²) in [6, 6.07) is 2.21. The van der Waals surface area contributed by atoms with Gasteiger partial charge in [-0.15, -0.1) is 0 Å². The van der Waals surface area contributed by atoms with E-state index in [1.807, 2.05) is 17.7 Å². The molecule has 0 atom stereocenters. The van der Waals surface area contributed by atoms with Gasteiger partial charge in [0.25, 0.3) is 0 Å². The van der Waals surface area contributed by atoms with E-state index < -0.39 is 11.6 Å². The third-order valence-corrected chi connectivity index (χ3v) is 3.32. The van der Waals surface area contributed by atoms with Crippen LogP contribution in [0.1, 0.15) is 19.5 Å². The largest absolute Gasteiger partial charge is 0.323 e. The number of anilines is 2. The van der Waals surface area contributed by atoms with Gasteiger partial charge >= 0.3 is 0 Å². The Morgan fingerprint density at radius 2 is 2.00 bits per heavy atom. The van der Waals surface area contributed by atoms with Gasteiger partial charge in [-0.3, -0.25) is 0 Å². The van der Waals surface area contributed by atoms with Gasteiger partial charge in [0, 0.05) is 18.8 Å². The van der Waals surface area contributed by atoms with Crippen molar-refractivity contribution in [3.8, 4) is 0 Å². The van der Waals surface area contributed by atoms with Gasteiger partial charge in [-0.1, -0.05) is 13.8 Å². The molecular weight excluding hydrogens is 328 g/mol. The lowest BCUT2D eigenvalue weighted by Crippen LogP contribution is -2.08. The van der Waals surface area contributed by atoms with Crippen molar-refractivity contribution in [3.63, 3.8) is 0 Å². The predicted octanol–water partition coefficient (Wildman–Crippen LogP) is 4.63. The Morgan fingerprint density at radius 3 is 2.65 bits per heavy atom. The second kappa shape index (κ2) is 5.91. The second-order valence-corrected chi connectivity index (χ2v) is 5.98. The van der Waals surface area contributed by atoms with Crippen LogP contribution in [0, 0.1) is 24.5 Å². The van der Waals surface area contributed by atoms with E-state index >= 15 is 0 Å². The van der Waals surface area contributed by atoms with Gasteiger partial charge in [-0.05, 0) is 34.8 Å². The average molecular weight is 344 g/mol. The van der Waals surface area contributed by atoms with Gasteiger partial charge in [0.2, 0.25) is 5.95 Å². The Balaban J connectivity index is 2.32. The van der Waals surface area contributed by atoms with Crippen LogP contribution < -0.4 is 5.32 Å². The van der Waals surface area contributed by atoms with Crippen molar-refractivity contribution in [2.24, 2.45) is 5.92 Å². The lowest BCUT2D eigenvalue weighted by atomic mass is 10.2. The van der Waals surface area contributed by atoms with Crippen molar-refractivity contribution < 1.29 is 8.78 Å². The standard InChI is InChI=1S/C14H16BrF2N3/c1-8(2)6-20-7-9(3)18-14(20)19-13-5-11(16)10(15)4-12(13)17/h4-5,7-8H,6H2,1-3H3,(H,18,19). The molecule has 0 saturated heterocycles. The lowest BCUT2D eigenvalue weighted by Gasteiger charge is -2.12. The zero-order valence-electron chi connectivity index (χ0n) is 11.5. The van der Waals surface area contributed by atoms with Gasteiger partial charge in [-0.25, -0.2) is 13.8 Å². The van der Waals surface area contributed by atoms with E-state index in [2.05, 4.69) is 40.1 Å². The second-order valence-electron chi connectivity index (χ2n) is 5.12. The van der Waals surface area contributed by atoms with Crippen molar-refractivity contribution in [2.45, 2.75) is 27.3 Å². The molecule has 0 aliphatic heterocycles. The van der Waals surface area contributed by atoms with Crippen molar-refractivity contribution in [2.75, 3.05) is 5.32 Å². The molecule has 3 nitrogen and oxygen atoms in total. The maximum Gasteiger partial charge on any atom is 0.207 e. The number of benzene rings is 1. The number of halogens is 3. The molecule has 0 bridgehead atoms. The number of aromatic nitrogens is 2. The van der Waals surface area contributed by atoms with Crippen LogP contribution in [0.4, 0.5) is 20.4 Å². The van der Waals surface area contributed by atoms with Crippen molar-refractivity contribution >= 4 is 27.6 Å². The van der Waals surface area contributed by atoms with E-state index in [1.165, 1.54) is 0 Å². The number of nitrogens with zero attached hydrogens (tertiary/aromatic N) is 2. The number of rotatable bonds is 4. The molecule has 1 N–H and O–H groups in total. The lowest BCUT2D eigenvalue weighted by molar-refractivity contribution is 0.527. The minimum Gasteiger partial charge on any atom is -0.323 e. The molecule has 6 heteroatoms. The average Bonchev–Trinajstić information content (AvgIpc) is 2.65. The number of hydrogen-bond donors (Lipinski definition) is 1. The fourth-order valence-corrected chi connectivity index (χ4v) is 2.23. The summed E-state index contributed by atoms with van der Waals surface area (Å²) < 4.78 is 29.3. The van der Waals surface area contributed by atoms with Gasteiger partial charge in [0.05, 0.1) is 15.9 Å². The molecule has 20 heavy (non-hydrogen) atoms. The van der Waals surface area contributed by atoms with Gasteiger partial charge < -0.3 is 9.88 Å². The van der Waals surface area contributed by atoms with Crippen LogP contribution in [-0.4, -0.2) is 9.55 Å². The smallest absolute Gasteiger partial charge is 0.207 e. The Bertz CT molecular complexity index is 623. The Morgan fingerprint density at radius 1 is 1.30 bits per heavy atom. The van der Waals surface area contributed by atoms with Crippen molar-refractivity contribution in [1.29, 1.82) is 0 Å². The van der Waals surface area contributed by atoms with Crippen LogP contribution in [0.2, 0.25) is 0 Å². The molecule has 108 valence electrons. The van der Waals surface area contributed by atoms with Gasteiger partial charge in [0.1, 0.15) is 11.6 Å². The molecule has 0 spiro atoms. The molecule has 0 aliphatic rings. The first-order valence-electron chi connectivity index (χ1n) is 6.32. The SMILES string of the molecule is Cc1cn(CC(C)C)c(Nc2cc(F)c(Br)cc2F)n1. The molecular formula is C14H16BrF2N3. The fraction of sp³-hybridized carbons (Fsp3) is 0.357. The minimum atomic E-state index is -0.532. The molecule has 0 unspecified atom stereocenters. The highest BCUT2D eigenvalue weighted by Gasteiger charge is 2.12. The zero-order valence-corrected chi connectivity index (χ0v) is 13.1. The molecule has 1 heterocycles. The van der Waals surface area contributed by atoms with Crippen LogP contribution in [0.25, 0.3) is 0 Å². The summed E-state index contributed by atoms with van der Waals surface area (Å²) in [5.74, 6) is -0.116. The number of aryl methyl sites for hydroxylation is 1. The summed E-state index contributed by atoms with van der Waals surface area (Å²) in [6.45, 7) is 6.78. The first-order chi connectivity index (χ1) is 9.36. The first kappa shape index (κ1) is 15.0. The van der Waals surface area contributed by atoms with E-state index in [0.29, 0.717) is 11.9 Å². The highest BCUT2D eigenvalue weighted by molar-refractivity contribution is 9.10. The maximum atomic E-state index is 13.8. The summed E-state index contributed by atoms with van der Waals surface area (Å²) >= 11 is 2.95. The molecule has 2 aromatic rings. The summed E-state index contributed by atoms with van der Waals surface area (Å²) in [4.78, 5) is 4.30. The molecule has 1 aromatic heterocycles. The molecule has 0 fully saturated rings. The summed E-state index contributed by atoms with van der Waals surface area (Å²) in [7, 11) is 0. The topological polar surface area (TPSA) is 29.9 Å². The first-order valence-corrected chi connectivity index (χ1v) is 7.11. The highest BCUT2D eigenvalue weighted by atomic mass is 79.9. The molecule has 0 amide bonds. The third-order valence-electron chi connectivity index (χ3n) is 2.72. The molecule has 1 aromatic carbocycles. The molecule has 2 rings (SSSR count). The van der Waals surface area contributed by atoms with Crippen molar-refractivity contribution in [3.05, 3.63) is 40.1 Å². The summed E-state index contributed by atoms with van der Waals surface area (Å²) in [5, 5.41) is 2.85. The number of nitrogens with one attached hydrogen (secondary N) is 1. The zero-order chi connectivity index (χ0) is 14.9. The number of imidazole rings is 1. The van der Waals surface area contributed by atoms with Gasteiger partial charge in [0.15, 0.2) is 0 Å². The maximum absolute atomic E-state index is 13.8. The van der Waals surface area contributed by atoms with Crippen LogP contribution in [0.3, 0.4) is 0 Å². The summed E-state index contributed by atoms with van der Waals surface area (Å²) in [6.07, 6.45) is 1.88. The van der Waals surface area contributed by atoms with E-state index in [0.717, 1.165) is 24.4 Å². The molecule has 0 saturated carbocycles. The minimum absolute atomic E-state index is 0.0707. The van der Waals surface area contributed by atoms with Crippen LogP contribution in [-0.2, 0) is 6.54 Å². The third kappa shape index (κ3) is 3.36. The van der Waals surface area contributed by atoms with Crippen LogP contribution >= 0.6 is 15.9 Å². The monoisotopic (exact) mass is 343 g/mol. The Kier molecular flexibility index (Phi) is 4.42. The molecule has 0 aliphatic carbocycles. The fourth-order valence-electron chi connectivity index (χ4n) is 1.92. The normalized spacial score (nSPS) is 11.2. The van der Waals surface area contributed by atoms with E-state index in [1.54, 1.807) is 0 Å². The molecule has 0 radical (unpaired) electrons. The summed E-state index contributed by atoms with van der Waals surface area (Å²) in [5.41, 5.74) is 0.896. The number of hydrogen-bond acceptors (Lipinski definition) is 2.